The number of hydrogen-bond donors (Lipinski definition) is 1. The highest BCUT2D eigenvalue weighted by Gasteiger charge is 2.13. The molecule has 0 saturated carbocycles. The van der Waals surface area contributed by atoms with Crippen LogP contribution in [0.4, 0.5) is 5.69 Å². The van der Waals surface area contributed by atoms with Crippen LogP contribution in [-0.4, -0.2) is 13.7 Å². The third-order valence-electron chi connectivity index (χ3n) is 3.44. The average molecular weight is 246 g/mol. The summed E-state index contributed by atoms with van der Waals surface area (Å²) >= 11 is 0. The van der Waals surface area contributed by atoms with Crippen molar-refractivity contribution >= 4 is 5.69 Å². The number of nitrogens with zero attached hydrogens (tertiary/aromatic N) is 1. The van der Waals surface area contributed by atoms with E-state index < -0.39 is 0 Å². The minimum absolute atomic E-state index is 0.0341. The van der Waals surface area contributed by atoms with Crippen LogP contribution in [0.5, 0.6) is 5.75 Å². The number of rotatable bonds is 5. The van der Waals surface area contributed by atoms with Gasteiger partial charge in [0.1, 0.15) is 5.75 Å². The van der Waals surface area contributed by atoms with Crippen molar-refractivity contribution in [3.63, 3.8) is 0 Å². The fourth-order valence-corrected chi connectivity index (χ4v) is 1.86. The molecule has 0 aromatic heterocycles. The molecule has 1 atom stereocenters. The molecule has 0 fully saturated rings. The smallest absolute Gasteiger partial charge is 0.122 e. The van der Waals surface area contributed by atoms with Crippen LogP contribution in [0.1, 0.15) is 25.0 Å². The van der Waals surface area contributed by atoms with E-state index >= 15 is 0 Å². The minimum atomic E-state index is 0.0341. The van der Waals surface area contributed by atoms with Crippen LogP contribution in [-0.2, 0) is 0 Å². The lowest BCUT2D eigenvalue weighted by Gasteiger charge is -2.18. The first-order valence-corrected chi connectivity index (χ1v) is 6.29. The van der Waals surface area contributed by atoms with Crippen molar-refractivity contribution in [1.29, 1.82) is 5.26 Å². The molecule has 18 heavy (non-hydrogen) atoms. The number of ether oxygens (including phenoxy) is 1. The molecule has 0 amide bonds. The van der Waals surface area contributed by atoms with Crippen molar-refractivity contribution in [2.75, 3.05) is 19.0 Å². The van der Waals surface area contributed by atoms with E-state index in [4.69, 9.17) is 10.00 Å². The molecule has 1 rings (SSSR count). The Labute approximate surface area is 110 Å². The lowest BCUT2D eigenvalue weighted by Crippen LogP contribution is -2.18. The van der Waals surface area contributed by atoms with Gasteiger partial charge in [-0.25, -0.2) is 0 Å². The lowest BCUT2D eigenvalue weighted by atomic mass is 9.97. The van der Waals surface area contributed by atoms with Gasteiger partial charge in [0.2, 0.25) is 0 Å². The zero-order chi connectivity index (χ0) is 13.7. The summed E-state index contributed by atoms with van der Waals surface area (Å²) in [4.78, 5) is 0. The van der Waals surface area contributed by atoms with E-state index in [2.05, 4.69) is 32.2 Å². The highest BCUT2D eigenvalue weighted by atomic mass is 16.5. The van der Waals surface area contributed by atoms with Gasteiger partial charge in [0.25, 0.3) is 0 Å². The molecular formula is C15H22N2O. The Morgan fingerprint density at radius 2 is 1.94 bits per heavy atom. The monoisotopic (exact) mass is 246 g/mol. The van der Waals surface area contributed by atoms with E-state index in [-0.39, 0.29) is 5.92 Å². The first-order chi connectivity index (χ1) is 8.51. The van der Waals surface area contributed by atoms with Gasteiger partial charge in [-0.3, -0.25) is 0 Å². The van der Waals surface area contributed by atoms with Crippen molar-refractivity contribution in [3.05, 3.63) is 23.3 Å². The van der Waals surface area contributed by atoms with Gasteiger partial charge >= 0.3 is 0 Å². The molecule has 0 heterocycles. The number of nitrogens with one attached hydrogen (secondary N) is 1. The molecule has 1 N–H and O–H groups in total. The zero-order valence-corrected chi connectivity index (χ0v) is 11.9. The van der Waals surface area contributed by atoms with E-state index in [9.17, 15) is 0 Å². The summed E-state index contributed by atoms with van der Waals surface area (Å²) in [6.07, 6.45) is 0. The number of methoxy groups -OCH3 is 1. The number of benzene rings is 1. The maximum atomic E-state index is 9.07. The van der Waals surface area contributed by atoms with Gasteiger partial charge in [-0.15, -0.1) is 0 Å². The van der Waals surface area contributed by atoms with Gasteiger partial charge in [-0.1, -0.05) is 13.8 Å². The molecule has 1 unspecified atom stereocenters. The molecular weight excluding hydrogens is 224 g/mol. The SMILES string of the molecule is COc1ccc(NCC(C#N)C(C)C)c(C)c1C. The van der Waals surface area contributed by atoms with Crippen molar-refractivity contribution in [1.82, 2.24) is 0 Å². The predicted molar refractivity (Wildman–Crippen MR) is 74.9 cm³/mol. The zero-order valence-electron chi connectivity index (χ0n) is 11.9. The molecule has 98 valence electrons. The maximum absolute atomic E-state index is 9.07. The second kappa shape index (κ2) is 6.30. The van der Waals surface area contributed by atoms with Crippen molar-refractivity contribution in [2.45, 2.75) is 27.7 Å². The van der Waals surface area contributed by atoms with Crippen LogP contribution >= 0.6 is 0 Å². The van der Waals surface area contributed by atoms with Gasteiger partial charge in [-0.2, -0.15) is 5.26 Å². The fourth-order valence-electron chi connectivity index (χ4n) is 1.86. The predicted octanol–water partition coefficient (Wildman–Crippen LogP) is 3.52. The Morgan fingerprint density at radius 3 is 2.44 bits per heavy atom. The summed E-state index contributed by atoms with van der Waals surface area (Å²) < 4.78 is 5.29. The third kappa shape index (κ3) is 3.16. The second-order valence-electron chi connectivity index (χ2n) is 4.93. The van der Waals surface area contributed by atoms with Crippen molar-refractivity contribution in [2.24, 2.45) is 11.8 Å². The Balaban J connectivity index is 2.81. The summed E-state index contributed by atoms with van der Waals surface area (Å²) in [6.45, 7) is 8.94. The average Bonchev–Trinajstić information content (AvgIpc) is 2.34. The number of hydrogen-bond acceptors (Lipinski definition) is 3. The molecule has 0 bridgehead atoms. The molecule has 1 aromatic carbocycles. The Hall–Kier alpha value is -1.69. The Kier molecular flexibility index (Phi) is 5.03. The second-order valence-corrected chi connectivity index (χ2v) is 4.93. The van der Waals surface area contributed by atoms with Crippen LogP contribution in [0.25, 0.3) is 0 Å². The molecule has 3 nitrogen and oxygen atoms in total. The molecule has 0 aliphatic rings. The van der Waals surface area contributed by atoms with E-state index in [0.717, 1.165) is 17.0 Å². The van der Waals surface area contributed by atoms with Crippen LogP contribution in [0.15, 0.2) is 12.1 Å². The van der Waals surface area contributed by atoms with Crippen LogP contribution in [0.2, 0.25) is 0 Å². The van der Waals surface area contributed by atoms with E-state index in [1.165, 1.54) is 5.56 Å². The maximum Gasteiger partial charge on any atom is 0.122 e. The van der Waals surface area contributed by atoms with E-state index in [0.29, 0.717) is 12.5 Å². The summed E-state index contributed by atoms with van der Waals surface area (Å²) in [5, 5.41) is 12.4. The molecule has 0 aliphatic carbocycles. The first kappa shape index (κ1) is 14.4. The Morgan fingerprint density at radius 1 is 1.28 bits per heavy atom. The van der Waals surface area contributed by atoms with E-state index in [1.54, 1.807) is 7.11 Å². The molecule has 1 aromatic rings. The van der Waals surface area contributed by atoms with Crippen molar-refractivity contribution in [3.8, 4) is 11.8 Å². The van der Waals surface area contributed by atoms with Crippen molar-refractivity contribution < 1.29 is 4.74 Å². The molecule has 0 aliphatic heterocycles. The highest BCUT2D eigenvalue weighted by molar-refractivity contribution is 5.58. The largest absolute Gasteiger partial charge is 0.496 e. The molecule has 3 heteroatoms. The van der Waals surface area contributed by atoms with Gasteiger partial charge in [-0.05, 0) is 43.0 Å². The summed E-state index contributed by atoms with van der Waals surface area (Å²) in [5.41, 5.74) is 3.39. The normalized spacial score (nSPS) is 12.1. The quantitative estimate of drug-likeness (QED) is 0.864. The van der Waals surface area contributed by atoms with Gasteiger partial charge in [0, 0.05) is 12.2 Å². The third-order valence-corrected chi connectivity index (χ3v) is 3.44. The first-order valence-electron chi connectivity index (χ1n) is 6.29. The van der Waals surface area contributed by atoms with Crippen LogP contribution in [0.3, 0.4) is 0 Å². The fraction of sp³-hybridized carbons (Fsp3) is 0.533. The Bertz CT molecular complexity index is 447. The summed E-state index contributed by atoms with van der Waals surface area (Å²) in [7, 11) is 1.68. The standard InChI is InChI=1S/C15H22N2O/c1-10(2)13(8-16)9-17-14-6-7-15(18-5)12(4)11(14)3/h6-7,10,13,17H,9H2,1-5H3. The lowest BCUT2D eigenvalue weighted by molar-refractivity contribution is 0.411. The number of anilines is 1. The summed E-state index contributed by atoms with van der Waals surface area (Å²) in [6, 6.07) is 6.31. The van der Waals surface area contributed by atoms with Gasteiger partial charge in [0.15, 0.2) is 0 Å². The topological polar surface area (TPSA) is 45.0 Å². The number of nitriles is 1. The highest BCUT2D eigenvalue weighted by Crippen LogP contribution is 2.27. The van der Waals surface area contributed by atoms with E-state index in [1.807, 2.05) is 19.1 Å². The molecule has 0 radical (unpaired) electrons. The molecule has 0 spiro atoms. The molecule has 0 saturated heterocycles. The van der Waals surface area contributed by atoms with Gasteiger partial charge in [0.05, 0.1) is 19.1 Å². The summed E-state index contributed by atoms with van der Waals surface area (Å²) in [5.74, 6) is 1.30. The van der Waals surface area contributed by atoms with Crippen LogP contribution < -0.4 is 10.1 Å². The van der Waals surface area contributed by atoms with Crippen LogP contribution in [0, 0.1) is 37.0 Å². The minimum Gasteiger partial charge on any atom is -0.496 e. The van der Waals surface area contributed by atoms with Gasteiger partial charge < -0.3 is 10.1 Å².